The number of aromatic nitrogens is 1. The van der Waals surface area contributed by atoms with Gasteiger partial charge in [-0.1, -0.05) is 38.1 Å². The van der Waals surface area contributed by atoms with E-state index in [0.717, 1.165) is 23.4 Å². The highest BCUT2D eigenvalue weighted by molar-refractivity contribution is 5.92. The SMILES string of the molecule is CC(C)C1CCCN1c1nc(CO)cc2ccccc12. The monoisotopic (exact) mass is 270 g/mol. The van der Waals surface area contributed by atoms with Gasteiger partial charge < -0.3 is 10.0 Å². The molecule has 3 heteroatoms. The Kier molecular flexibility index (Phi) is 3.62. The van der Waals surface area contributed by atoms with E-state index >= 15 is 0 Å². The first-order valence-corrected chi connectivity index (χ1v) is 7.47. The molecule has 0 bridgehead atoms. The second kappa shape index (κ2) is 5.41. The molecule has 0 saturated carbocycles. The lowest BCUT2D eigenvalue weighted by molar-refractivity contribution is 0.277. The number of pyridine rings is 1. The van der Waals surface area contributed by atoms with Gasteiger partial charge in [0.2, 0.25) is 0 Å². The number of fused-ring (bicyclic) bond motifs is 1. The molecule has 2 aromatic rings. The van der Waals surface area contributed by atoms with Gasteiger partial charge in [0.1, 0.15) is 5.82 Å². The van der Waals surface area contributed by atoms with Gasteiger partial charge in [0, 0.05) is 18.0 Å². The quantitative estimate of drug-likeness (QED) is 0.929. The molecule has 20 heavy (non-hydrogen) atoms. The summed E-state index contributed by atoms with van der Waals surface area (Å²) >= 11 is 0. The summed E-state index contributed by atoms with van der Waals surface area (Å²) in [5.74, 6) is 1.67. The van der Waals surface area contributed by atoms with Crippen LogP contribution in [-0.4, -0.2) is 22.7 Å². The van der Waals surface area contributed by atoms with Crippen molar-refractivity contribution in [3.63, 3.8) is 0 Å². The highest BCUT2D eigenvalue weighted by Crippen LogP contribution is 2.33. The second-order valence-corrected chi connectivity index (χ2v) is 5.96. The van der Waals surface area contributed by atoms with Crippen molar-refractivity contribution in [3.05, 3.63) is 36.0 Å². The predicted molar refractivity (Wildman–Crippen MR) is 82.9 cm³/mol. The Morgan fingerprint density at radius 2 is 2.15 bits per heavy atom. The van der Waals surface area contributed by atoms with Crippen molar-refractivity contribution < 1.29 is 5.11 Å². The van der Waals surface area contributed by atoms with Crippen LogP contribution in [0.2, 0.25) is 0 Å². The number of nitrogens with zero attached hydrogens (tertiary/aromatic N) is 2. The number of hydrogen-bond donors (Lipinski definition) is 1. The third kappa shape index (κ3) is 2.27. The molecule has 1 N–H and O–H groups in total. The van der Waals surface area contributed by atoms with E-state index in [1.165, 1.54) is 18.2 Å². The van der Waals surface area contributed by atoms with Crippen molar-refractivity contribution in [2.45, 2.75) is 39.3 Å². The molecule has 1 atom stereocenters. The summed E-state index contributed by atoms with van der Waals surface area (Å²) in [6.07, 6.45) is 2.46. The summed E-state index contributed by atoms with van der Waals surface area (Å²) in [5, 5.41) is 11.8. The molecule has 3 rings (SSSR count). The fraction of sp³-hybridized carbons (Fsp3) is 0.471. The van der Waals surface area contributed by atoms with E-state index in [-0.39, 0.29) is 6.61 Å². The van der Waals surface area contributed by atoms with Crippen LogP contribution in [0.15, 0.2) is 30.3 Å². The Labute approximate surface area is 120 Å². The minimum absolute atomic E-state index is 0.00196. The molecule has 1 aromatic heterocycles. The van der Waals surface area contributed by atoms with E-state index in [2.05, 4.69) is 36.9 Å². The maximum atomic E-state index is 9.46. The molecule has 1 aliphatic heterocycles. The minimum Gasteiger partial charge on any atom is -0.390 e. The van der Waals surface area contributed by atoms with Crippen LogP contribution in [0.1, 0.15) is 32.4 Å². The van der Waals surface area contributed by atoms with Gasteiger partial charge in [0.25, 0.3) is 0 Å². The topological polar surface area (TPSA) is 36.4 Å². The van der Waals surface area contributed by atoms with Crippen LogP contribution in [0.4, 0.5) is 5.82 Å². The zero-order valence-electron chi connectivity index (χ0n) is 12.2. The Morgan fingerprint density at radius 1 is 1.35 bits per heavy atom. The summed E-state index contributed by atoms with van der Waals surface area (Å²) in [6.45, 7) is 5.62. The molecule has 1 saturated heterocycles. The van der Waals surface area contributed by atoms with E-state index in [1.807, 2.05) is 12.1 Å². The zero-order valence-corrected chi connectivity index (χ0v) is 12.2. The van der Waals surface area contributed by atoms with E-state index < -0.39 is 0 Å². The summed E-state index contributed by atoms with van der Waals surface area (Å²) in [6, 6.07) is 10.9. The maximum absolute atomic E-state index is 9.46. The van der Waals surface area contributed by atoms with Crippen LogP contribution < -0.4 is 4.90 Å². The standard InChI is InChI=1S/C17H22N2O/c1-12(2)16-8-5-9-19(16)17-15-7-4-3-6-13(15)10-14(11-20)18-17/h3-4,6-7,10,12,16,20H,5,8-9,11H2,1-2H3. The van der Waals surface area contributed by atoms with E-state index in [0.29, 0.717) is 12.0 Å². The molecule has 1 aromatic carbocycles. The highest BCUT2D eigenvalue weighted by atomic mass is 16.3. The number of hydrogen-bond acceptors (Lipinski definition) is 3. The molecule has 2 heterocycles. The summed E-state index contributed by atoms with van der Waals surface area (Å²) < 4.78 is 0. The fourth-order valence-electron chi connectivity index (χ4n) is 3.28. The van der Waals surface area contributed by atoms with Gasteiger partial charge >= 0.3 is 0 Å². The van der Waals surface area contributed by atoms with Crippen LogP contribution >= 0.6 is 0 Å². The minimum atomic E-state index is -0.00196. The maximum Gasteiger partial charge on any atom is 0.137 e. The van der Waals surface area contributed by atoms with Crippen LogP contribution in [0.25, 0.3) is 10.8 Å². The molecule has 106 valence electrons. The van der Waals surface area contributed by atoms with Gasteiger partial charge in [-0.15, -0.1) is 0 Å². The predicted octanol–water partition coefficient (Wildman–Crippen LogP) is 3.35. The first-order valence-electron chi connectivity index (χ1n) is 7.47. The molecule has 0 spiro atoms. The van der Waals surface area contributed by atoms with E-state index in [1.54, 1.807) is 0 Å². The number of anilines is 1. The van der Waals surface area contributed by atoms with Crippen LogP contribution in [-0.2, 0) is 6.61 Å². The number of benzene rings is 1. The van der Waals surface area contributed by atoms with Gasteiger partial charge in [-0.05, 0) is 30.2 Å². The van der Waals surface area contributed by atoms with Gasteiger partial charge in [-0.2, -0.15) is 0 Å². The lowest BCUT2D eigenvalue weighted by Crippen LogP contribution is -2.34. The normalized spacial score (nSPS) is 19.2. The van der Waals surface area contributed by atoms with E-state index in [4.69, 9.17) is 4.98 Å². The third-order valence-electron chi connectivity index (χ3n) is 4.28. The average Bonchev–Trinajstić information content (AvgIpc) is 2.95. The lowest BCUT2D eigenvalue weighted by Gasteiger charge is -2.30. The van der Waals surface area contributed by atoms with Crippen LogP contribution in [0, 0.1) is 5.92 Å². The van der Waals surface area contributed by atoms with E-state index in [9.17, 15) is 5.11 Å². The van der Waals surface area contributed by atoms with Crippen LogP contribution in [0.3, 0.4) is 0 Å². The second-order valence-electron chi connectivity index (χ2n) is 5.96. The average molecular weight is 270 g/mol. The number of aliphatic hydroxyl groups excluding tert-OH is 1. The Balaban J connectivity index is 2.14. The molecule has 1 aliphatic rings. The van der Waals surface area contributed by atoms with Gasteiger partial charge in [0.05, 0.1) is 12.3 Å². The fourth-order valence-corrected chi connectivity index (χ4v) is 3.28. The lowest BCUT2D eigenvalue weighted by atomic mass is 10.0. The van der Waals surface area contributed by atoms with Crippen molar-refractivity contribution in [2.24, 2.45) is 5.92 Å². The summed E-state index contributed by atoms with van der Waals surface area (Å²) in [4.78, 5) is 7.15. The first kappa shape index (κ1) is 13.4. The highest BCUT2D eigenvalue weighted by Gasteiger charge is 2.29. The van der Waals surface area contributed by atoms with Gasteiger partial charge in [-0.3, -0.25) is 0 Å². The molecule has 0 amide bonds. The third-order valence-corrected chi connectivity index (χ3v) is 4.28. The number of rotatable bonds is 3. The molecule has 3 nitrogen and oxygen atoms in total. The Bertz CT molecular complexity index is 609. The van der Waals surface area contributed by atoms with Crippen molar-refractivity contribution in [1.29, 1.82) is 0 Å². The van der Waals surface area contributed by atoms with Gasteiger partial charge in [-0.25, -0.2) is 4.98 Å². The smallest absolute Gasteiger partial charge is 0.137 e. The molecule has 0 aliphatic carbocycles. The van der Waals surface area contributed by atoms with Crippen LogP contribution in [0.5, 0.6) is 0 Å². The molecule has 1 fully saturated rings. The largest absolute Gasteiger partial charge is 0.390 e. The summed E-state index contributed by atoms with van der Waals surface area (Å²) in [7, 11) is 0. The Hall–Kier alpha value is -1.61. The van der Waals surface area contributed by atoms with Crippen molar-refractivity contribution in [3.8, 4) is 0 Å². The summed E-state index contributed by atoms with van der Waals surface area (Å²) in [5.41, 5.74) is 0.758. The van der Waals surface area contributed by atoms with Crippen molar-refractivity contribution in [2.75, 3.05) is 11.4 Å². The number of aliphatic hydroxyl groups is 1. The first-order chi connectivity index (χ1) is 9.70. The zero-order chi connectivity index (χ0) is 14.1. The van der Waals surface area contributed by atoms with Crippen molar-refractivity contribution in [1.82, 2.24) is 4.98 Å². The molecule has 1 unspecified atom stereocenters. The van der Waals surface area contributed by atoms with Gasteiger partial charge in [0.15, 0.2) is 0 Å². The molecular weight excluding hydrogens is 248 g/mol. The Morgan fingerprint density at radius 3 is 2.90 bits per heavy atom. The molecular formula is C17H22N2O. The van der Waals surface area contributed by atoms with Crippen molar-refractivity contribution >= 4 is 16.6 Å². The molecule has 0 radical (unpaired) electrons.